The van der Waals surface area contributed by atoms with Crippen LogP contribution in [0.25, 0.3) is 0 Å². The highest BCUT2D eigenvalue weighted by Crippen LogP contribution is 2.31. The molecule has 2 atom stereocenters. The zero-order valence-corrected chi connectivity index (χ0v) is 13.8. The number of rotatable bonds is 5. The van der Waals surface area contributed by atoms with Crippen molar-refractivity contribution >= 4 is 23.2 Å². The second kappa shape index (κ2) is 7.28. The van der Waals surface area contributed by atoms with Crippen LogP contribution in [-0.4, -0.2) is 52.0 Å². The van der Waals surface area contributed by atoms with E-state index in [0.29, 0.717) is 6.42 Å². The highest BCUT2D eigenvalue weighted by molar-refractivity contribution is 6.22. The summed E-state index contributed by atoms with van der Waals surface area (Å²) in [6.07, 6.45) is 3.55. The van der Waals surface area contributed by atoms with Gasteiger partial charge in [0.05, 0.1) is 23.1 Å². The normalized spacial score (nSPS) is 24.8. The third-order valence-electron chi connectivity index (χ3n) is 4.96. The van der Waals surface area contributed by atoms with Gasteiger partial charge >= 0.3 is 0 Å². The fraction of sp³-hybridized carbons (Fsp3) is 0.529. The average molecular weight is 347 g/mol. The fourth-order valence-electron chi connectivity index (χ4n) is 3.78. The van der Waals surface area contributed by atoms with E-state index in [9.17, 15) is 24.8 Å². The Morgan fingerprint density at radius 1 is 1.28 bits per heavy atom. The van der Waals surface area contributed by atoms with Gasteiger partial charge in [0.2, 0.25) is 5.91 Å². The van der Waals surface area contributed by atoms with Crippen molar-refractivity contribution in [2.75, 3.05) is 18.1 Å². The van der Waals surface area contributed by atoms with Crippen molar-refractivity contribution < 1.29 is 19.6 Å². The maximum Gasteiger partial charge on any atom is 0.271 e. The Labute approximate surface area is 145 Å². The van der Waals surface area contributed by atoms with E-state index in [1.807, 2.05) is 4.90 Å². The minimum Gasteiger partial charge on any atom is -0.396 e. The topological polar surface area (TPSA) is 104 Å². The number of carbonyl (C=O) groups is 2. The lowest BCUT2D eigenvalue weighted by atomic mass is 9.97. The summed E-state index contributed by atoms with van der Waals surface area (Å²) in [5.74, 6) is -0.681. The number of nitro groups is 1. The molecule has 0 aliphatic carbocycles. The molecule has 0 unspecified atom stereocenters. The van der Waals surface area contributed by atoms with Crippen molar-refractivity contribution in [1.29, 1.82) is 0 Å². The molecular formula is C17H21N3O5. The highest BCUT2D eigenvalue weighted by Gasteiger charge is 2.45. The van der Waals surface area contributed by atoms with E-state index in [1.54, 1.807) is 0 Å². The molecule has 25 heavy (non-hydrogen) atoms. The summed E-state index contributed by atoms with van der Waals surface area (Å²) in [6.45, 7) is 0.766. The van der Waals surface area contributed by atoms with Crippen LogP contribution < -0.4 is 4.90 Å². The van der Waals surface area contributed by atoms with Crippen molar-refractivity contribution in [2.24, 2.45) is 0 Å². The van der Waals surface area contributed by atoms with Crippen LogP contribution in [0.1, 0.15) is 32.1 Å². The minimum atomic E-state index is -0.552. The number of hydrogen-bond donors (Lipinski definition) is 1. The maximum absolute atomic E-state index is 12.9. The molecule has 0 spiro atoms. The van der Waals surface area contributed by atoms with Crippen LogP contribution in [0, 0.1) is 10.1 Å². The van der Waals surface area contributed by atoms with Gasteiger partial charge in [0.1, 0.15) is 0 Å². The van der Waals surface area contributed by atoms with Crippen LogP contribution in [0.4, 0.5) is 11.4 Å². The number of nitrogens with zero attached hydrogens (tertiary/aromatic N) is 3. The molecule has 2 aliphatic heterocycles. The van der Waals surface area contributed by atoms with E-state index in [4.69, 9.17) is 0 Å². The van der Waals surface area contributed by atoms with E-state index < -0.39 is 11.0 Å². The molecular weight excluding hydrogens is 326 g/mol. The summed E-state index contributed by atoms with van der Waals surface area (Å²) in [6, 6.07) is 5.12. The second-order valence-electron chi connectivity index (χ2n) is 6.46. The number of piperidine rings is 1. The lowest BCUT2D eigenvalue weighted by Gasteiger charge is -2.38. The molecule has 0 bridgehead atoms. The fourth-order valence-corrected chi connectivity index (χ4v) is 3.78. The lowest BCUT2D eigenvalue weighted by Crippen LogP contribution is -2.50. The van der Waals surface area contributed by atoms with Gasteiger partial charge in [-0.15, -0.1) is 0 Å². The predicted octanol–water partition coefficient (Wildman–Crippen LogP) is 1.46. The Bertz CT molecular complexity index is 691. The Kier molecular flexibility index (Phi) is 5.10. The van der Waals surface area contributed by atoms with Gasteiger partial charge in [-0.05, 0) is 31.9 Å². The van der Waals surface area contributed by atoms with Crippen LogP contribution >= 0.6 is 0 Å². The summed E-state index contributed by atoms with van der Waals surface area (Å²) in [7, 11) is 0. The largest absolute Gasteiger partial charge is 0.396 e. The molecule has 1 aromatic rings. The Morgan fingerprint density at radius 3 is 2.80 bits per heavy atom. The molecule has 0 aromatic heterocycles. The molecule has 2 saturated heterocycles. The molecule has 1 N–H and O–H groups in total. The summed E-state index contributed by atoms with van der Waals surface area (Å²) < 4.78 is 0. The van der Waals surface area contributed by atoms with Gasteiger partial charge in [0.15, 0.2) is 0 Å². The number of aliphatic hydroxyl groups is 1. The number of benzene rings is 1. The molecule has 2 heterocycles. The van der Waals surface area contributed by atoms with Crippen LogP contribution in [0.15, 0.2) is 24.3 Å². The van der Waals surface area contributed by atoms with Crippen LogP contribution in [0.2, 0.25) is 0 Å². The average Bonchev–Trinajstić information content (AvgIpc) is 2.90. The second-order valence-corrected chi connectivity index (χ2v) is 6.46. The number of imide groups is 1. The molecule has 2 fully saturated rings. The van der Waals surface area contributed by atoms with Crippen molar-refractivity contribution in [2.45, 2.75) is 44.2 Å². The zero-order chi connectivity index (χ0) is 18.0. The van der Waals surface area contributed by atoms with E-state index in [0.717, 1.165) is 30.7 Å². The molecule has 0 saturated carbocycles. The maximum atomic E-state index is 12.9. The minimum absolute atomic E-state index is 0.0462. The predicted molar refractivity (Wildman–Crippen MR) is 90.0 cm³/mol. The Morgan fingerprint density at radius 2 is 2.08 bits per heavy atom. The van der Waals surface area contributed by atoms with E-state index in [-0.39, 0.29) is 42.3 Å². The molecule has 134 valence electrons. The standard InChI is InChI=1S/C17H21N3O5/c21-9-7-12-4-1-2-8-18(12)15-11-16(22)19(17(15)23)13-5-3-6-14(10-13)20(24)25/h3,5-6,10,12,15,21H,1-2,4,7-9,11H2/t12-,15-/m0/s1. The quantitative estimate of drug-likeness (QED) is 0.491. The molecule has 2 aliphatic rings. The first-order valence-electron chi connectivity index (χ1n) is 8.51. The van der Waals surface area contributed by atoms with Gasteiger partial charge in [-0.3, -0.25) is 24.6 Å². The number of likely N-dealkylation sites (tertiary alicyclic amines) is 1. The van der Waals surface area contributed by atoms with Gasteiger partial charge < -0.3 is 5.11 Å². The monoisotopic (exact) mass is 347 g/mol. The Balaban J connectivity index is 1.84. The number of hydrogen-bond acceptors (Lipinski definition) is 6. The zero-order valence-electron chi connectivity index (χ0n) is 13.8. The first kappa shape index (κ1) is 17.5. The van der Waals surface area contributed by atoms with Crippen LogP contribution in [0.3, 0.4) is 0 Å². The lowest BCUT2D eigenvalue weighted by molar-refractivity contribution is -0.384. The SMILES string of the molecule is O=C1C[C@H](N2CCCC[C@H]2CCO)C(=O)N1c1cccc([N+](=O)[O-])c1. The summed E-state index contributed by atoms with van der Waals surface area (Å²) in [4.78, 5) is 38.8. The third kappa shape index (κ3) is 3.40. The van der Waals surface area contributed by atoms with Gasteiger partial charge in [-0.2, -0.15) is 0 Å². The van der Waals surface area contributed by atoms with Crippen molar-refractivity contribution in [3.05, 3.63) is 34.4 Å². The summed E-state index contributed by atoms with van der Waals surface area (Å²) in [5.41, 5.74) is 0.0834. The first-order chi connectivity index (χ1) is 12.0. The van der Waals surface area contributed by atoms with Gasteiger partial charge in [0.25, 0.3) is 11.6 Å². The molecule has 0 radical (unpaired) electrons. The van der Waals surface area contributed by atoms with Crippen molar-refractivity contribution in [3.8, 4) is 0 Å². The van der Waals surface area contributed by atoms with E-state index in [1.165, 1.54) is 24.3 Å². The van der Waals surface area contributed by atoms with Crippen molar-refractivity contribution in [3.63, 3.8) is 0 Å². The number of aliphatic hydroxyl groups excluding tert-OH is 1. The molecule has 3 rings (SSSR count). The summed E-state index contributed by atoms with van der Waals surface area (Å²) >= 11 is 0. The molecule has 8 heteroatoms. The van der Waals surface area contributed by atoms with Crippen LogP contribution in [0.5, 0.6) is 0 Å². The molecule has 1 aromatic carbocycles. The van der Waals surface area contributed by atoms with E-state index in [2.05, 4.69) is 0 Å². The number of non-ortho nitro benzene ring substituents is 1. The number of anilines is 1. The van der Waals surface area contributed by atoms with Crippen LogP contribution in [-0.2, 0) is 9.59 Å². The van der Waals surface area contributed by atoms with Crippen molar-refractivity contribution in [1.82, 2.24) is 4.90 Å². The van der Waals surface area contributed by atoms with Gasteiger partial charge in [-0.25, -0.2) is 4.90 Å². The third-order valence-corrected chi connectivity index (χ3v) is 4.96. The highest BCUT2D eigenvalue weighted by atomic mass is 16.6. The van der Waals surface area contributed by atoms with E-state index >= 15 is 0 Å². The molecule has 2 amide bonds. The van der Waals surface area contributed by atoms with Gasteiger partial charge in [0, 0.05) is 24.8 Å². The number of nitro benzene ring substituents is 1. The molecule has 8 nitrogen and oxygen atoms in total. The number of carbonyl (C=O) groups excluding carboxylic acids is 2. The number of amides is 2. The Hall–Kier alpha value is -2.32. The first-order valence-corrected chi connectivity index (χ1v) is 8.51. The van der Waals surface area contributed by atoms with Gasteiger partial charge in [-0.1, -0.05) is 12.5 Å². The summed E-state index contributed by atoms with van der Waals surface area (Å²) in [5, 5.41) is 20.2. The smallest absolute Gasteiger partial charge is 0.271 e.